The number of hydrogen-bond acceptors (Lipinski definition) is 2. The average Bonchev–Trinajstić information content (AvgIpc) is 2.15. The second kappa shape index (κ2) is 5.00. The summed E-state index contributed by atoms with van der Waals surface area (Å²) in [6.45, 7) is 1.81. The fourth-order valence-electron chi connectivity index (χ4n) is 0.979. The van der Waals surface area contributed by atoms with E-state index in [0.717, 1.165) is 10.2 Å². The summed E-state index contributed by atoms with van der Waals surface area (Å²) in [5.74, 6) is 5.75. The Morgan fingerprint density at radius 3 is 3.08 bits per heavy atom. The van der Waals surface area contributed by atoms with Crippen molar-refractivity contribution in [1.82, 2.24) is 4.98 Å². The first kappa shape index (κ1) is 10.2. The summed E-state index contributed by atoms with van der Waals surface area (Å²) in [5.41, 5.74) is 6.75. The summed E-state index contributed by atoms with van der Waals surface area (Å²) >= 11 is 3.40. The molecule has 0 saturated heterocycles. The normalized spacial score (nSPS) is 11.6. The van der Waals surface area contributed by atoms with Gasteiger partial charge in [0, 0.05) is 17.1 Å². The highest BCUT2D eigenvalue weighted by Crippen LogP contribution is 2.20. The van der Waals surface area contributed by atoms with Crippen LogP contribution in [0, 0.1) is 11.8 Å². The molecule has 3 heteroatoms. The third kappa shape index (κ3) is 2.83. The fourth-order valence-corrected chi connectivity index (χ4v) is 1.53. The summed E-state index contributed by atoms with van der Waals surface area (Å²) in [6, 6.07) is 3.69. The molecule has 1 aromatic rings. The van der Waals surface area contributed by atoms with Crippen molar-refractivity contribution in [2.24, 2.45) is 5.73 Å². The summed E-state index contributed by atoms with van der Waals surface area (Å²) in [6.07, 6.45) is 2.38. The first-order valence-electron chi connectivity index (χ1n) is 4.01. The van der Waals surface area contributed by atoms with Crippen molar-refractivity contribution in [3.8, 4) is 11.8 Å². The largest absolute Gasteiger partial charge is 0.322 e. The van der Waals surface area contributed by atoms with E-state index in [2.05, 4.69) is 32.8 Å². The average molecular weight is 239 g/mol. The molecule has 0 aliphatic carbocycles. The van der Waals surface area contributed by atoms with Gasteiger partial charge in [0.1, 0.15) is 0 Å². The lowest BCUT2D eigenvalue weighted by atomic mass is 10.1. The van der Waals surface area contributed by atoms with Gasteiger partial charge in [-0.3, -0.25) is 4.98 Å². The second-order valence-corrected chi connectivity index (χ2v) is 3.46. The first-order chi connectivity index (χ1) is 6.25. The maximum Gasteiger partial charge on any atom is 0.0722 e. The fraction of sp³-hybridized carbons (Fsp3) is 0.300. The Hall–Kier alpha value is -0.850. The molecule has 0 bridgehead atoms. The molecule has 0 amide bonds. The van der Waals surface area contributed by atoms with Crippen molar-refractivity contribution in [2.45, 2.75) is 19.4 Å². The van der Waals surface area contributed by atoms with Crippen LogP contribution in [0.3, 0.4) is 0 Å². The molecule has 1 aromatic heterocycles. The van der Waals surface area contributed by atoms with E-state index in [4.69, 9.17) is 5.73 Å². The van der Waals surface area contributed by atoms with Crippen LogP contribution in [-0.2, 0) is 0 Å². The third-order valence-corrected chi connectivity index (χ3v) is 2.31. The highest BCUT2D eigenvalue weighted by molar-refractivity contribution is 9.10. The molecule has 0 saturated carbocycles. The van der Waals surface area contributed by atoms with Crippen LogP contribution in [0.4, 0.5) is 0 Å². The number of aromatic nitrogens is 1. The van der Waals surface area contributed by atoms with Crippen molar-refractivity contribution < 1.29 is 0 Å². The van der Waals surface area contributed by atoms with Crippen LogP contribution in [-0.4, -0.2) is 4.98 Å². The smallest absolute Gasteiger partial charge is 0.0722 e. The van der Waals surface area contributed by atoms with E-state index in [1.165, 1.54) is 0 Å². The van der Waals surface area contributed by atoms with Gasteiger partial charge < -0.3 is 5.73 Å². The molecule has 1 unspecified atom stereocenters. The molecule has 2 N–H and O–H groups in total. The van der Waals surface area contributed by atoms with Gasteiger partial charge in [0.25, 0.3) is 0 Å². The number of rotatable bonds is 2. The molecule has 0 radical (unpaired) electrons. The quantitative estimate of drug-likeness (QED) is 0.804. The van der Waals surface area contributed by atoms with Crippen molar-refractivity contribution in [3.63, 3.8) is 0 Å². The maximum absolute atomic E-state index is 5.89. The molecule has 1 atom stereocenters. The molecule has 0 aliphatic rings. The Balaban J connectivity index is 2.80. The Morgan fingerprint density at radius 1 is 1.69 bits per heavy atom. The SMILES string of the molecule is CC#CCC(N)c1ncccc1Br. The highest BCUT2D eigenvalue weighted by atomic mass is 79.9. The summed E-state index contributed by atoms with van der Waals surface area (Å²) in [4.78, 5) is 4.19. The van der Waals surface area contributed by atoms with Crippen LogP contribution in [0.1, 0.15) is 25.1 Å². The predicted octanol–water partition coefficient (Wildman–Crippen LogP) is 2.26. The Morgan fingerprint density at radius 2 is 2.46 bits per heavy atom. The number of hydrogen-bond donors (Lipinski definition) is 1. The lowest BCUT2D eigenvalue weighted by Gasteiger charge is -2.08. The van der Waals surface area contributed by atoms with E-state index in [1.54, 1.807) is 13.1 Å². The van der Waals surface area contributed by atoms with E-state index >= 15 is 0 Å². The van der Waals surface area contributed by atoms with Gasteiger partial charge in [0.05, 0.1) is 11.7 Å². The summed E-state index contributed by atoms with van der Waals surface area (Å²) < 4.78 is 0.945. The zero-order chi connectivity index (χ0) is 9.68. The van der Waals surface area contributed by atoms with Crippen LogP contribution in [0.5, 0.6) is 0 Å². The highest BCUT2D eigenvalue weighted by Gasteiger charge is 2.08. The van der Waals surface area contributed by atoms with E-state index in [0.29, 0.717) is 6.42 Å². The van der Waals surface area contributed by atoms with Crippen LogP contribution in [0.2, 0.25) is 0 Å². The van der Waals surface area contributed by atoms with Crippen molar-refractivity contribution in [1.29, 1.82) is 0 Å². The molecule has 68 valence electrons. The van der Waals surface area contributed by atoms with E-state index in [1.807, 2.05) is 12.1 Å². The third-order valence-electron chi connectivity index (χ3n) is 1.64. The number of nitrogens with two attached hydrogens (primary N) is 1. The first-order valence-corrected chi connectivity index (χ1v) is 4.80. The molecule has 1 heterocycles. The van der Waals surface area contributed by atoms with Gasteiger partial charge in [0.15, 0.2) is 0 Å². The lowest BCUT2D eigenvalue weighted by Crippen LogP contribution is -2.11. The number of pyridine rings is 1. The van der Waals surface area contributed by atoms with Gasteiger partial charge in [-0.2, -0.15) is 0 Å². The minimum Gasteiger partial charge on any atom is -0.322 e. The maximum atomic E-state index is 5.89. The van der Waals surface area contributed by atoms with Gasteiger partial charge in [0.2, 0.25) is 0 Å². The van der Waals surface area contributed by atoms with Gasteiger partial charge in [-0.05, 0) is 35.0 Å². The van der Waals surface area contributed by atoms with Crippen molar-refractivity contribution in [3.05, 3.63) is 28.5 Å². The topological polar surface area (TPSA) is 38.9 Å². The van der Waals surface area contributed by atoms with Gasteiger partial charge >= 0.3 is 0 Å². The molecular formula is C10H11BrN2. The summed E-state index contributed by atoms with van der Waals surface area (Å²) in [7, 11) is 0. The van der Waals surface area contributed by atoms with Gasteiger partial charge in [-0.15, -0.1) is 11.8 Å². The van der Waals surface area contributed by atoms with Crippen molar-refractivity contribution >= 4 is 15.9 Å². The number of halogens is 1. The molecule has 0 fully saturated rings. The zero-order valence-corrected chi connectivity index (χ0v) is 9.01. The molecule has 1 rings (SSSR count). The van der Waals surface area contributed by atoms with Crippen LogP contribution >= 0.6 is 15.9 Å². The Kier molecular flexibility index (Phi) is 3.94. The van der Waals surface area contributed by atoms with Crippen LogP contribution in [0.25, 0.3) is 0 Å². The standard InChI is InChI=1S/C10H11BrN2/c1-2-3-6-9(12)10-8(11)5-4-7-13-10/h4-5,7,9H,6,12H2,1H3. The predicted molar refractivity (Wildman–Crippen MR) is 56.9 cm³/mol. The van der Waals surface area contributed by atoms with Crippen molar-refractivity contribution in [2.75, 3.05) is 0 Å². The Labute approximate surface area is 86.7 Å². The van der Waals surface area contributed by atoms with E-state index < -0.39 is 0 Å². The van der Waals surface area contributed by atoms with Crippen LogP contribution < -0.4 is 5.73 Å². The minimum absolute atomic E-state index is 0.108. The zero-order valence-electron chi connectivity index (χ0n) is 7.42. The minimum atomic E-state index is -0.108. The van der Waals surface area contributed by atoms with Gasteiger partial charge in [-0.25, -0.2) is 0 Å². The van der Waals surface area contributed by atoms with E-state index in [-0.39, 0.29) is 6.04 Å². The molecule has 0 aromatic carbocycles. The van der Waals surface area contributed by atoms with Crippen LogP contribution in [0.15, 0.2) is 22.8 Å². The summed E-state index contributed by atoms with van der Waals surface area (Å²) in [5, 5.41) is 0. The lowest BCUT2D eigenvalue weighted by molar-refractivity contribution is 0.720. The van der Waals surface area contributed by atoms with E-state index in [9.17, 15) is 0 Å². The molecule has 2 nitrogen and oxygen atoms in total. The van der Waals surface area contributed by atoms with Gasteiger partial charge in [-0.1, -0.05) is 0 Å². The Bertz CT molecular complexity index is 338. The molecular weight excluding hydrogens is 228 g/mol. The molecule has 13 heavy (non-hydrogen) atoms. The molecule has 0 aliphatic heterocycles. The molecule has 0 spiro atoms. The monoisotopic (exact) mass is 238 g/mol. The second-order valence-electron chi connectivity index (χ2n) is 2.61. The number of nitrogens with zero attached hydrogens (tertiary/aromatic N) is 1.